The number of amides is 3. The average Bonchev–Trinajstić information content (AvgIpc) is 2.80. The monoisotopic (exact) mass is 396 g/mol. The van der Waals surface area contributed by atoms with Crippen molar-refractivity contribution in [2.45, 2.75) is 37.4 Å². The minimum absolute atomic E-state index is 0.0183. The molecule has 0 bridgehead atoms. The highest BCUT2D eigenvalue weighted by atomic mass is 32.2. The number of fused-ring (bicyclic) bond motifs is 2. The van der Waals surface area contributed by atoms with Crippen LogP contribution in [-0.4, -0.2) is 50.9 Å². The molecule has 0 N–H and O–H groups in total. The molecule has 2 aromatic rings. The van der Waals surface area contributed by atoms with E-state index in [0.29, 0.717) is 29.4 Å². The minimum atomic E-state index is -0.585. The summed E-state index contributed by atoms with van der Waals surface area (Å²) in [5.74, 6) is -0.857. The molecular formula is C20H20N4O3S. The van der Waals surface area contributed by atoms with E-state index >= 15 is 0 Å². The van der Waals surface area contributed by atoms with Crippen LogP contribution in [-0.2, 0) is 9.59 Å². The van der Waals surface area contributed by atoms with Crippen LogP contribution >= 0.6 is 11.8 Å². The number of nitrogens with zero attached hydrogens (tertiary/aromatic N) is 4. The lowest BCUT2D eigenvalue weighted by Gasteiger charge is -2.33. The molecule has 1 unspecified atom stereocenters. The Morgan fingerprint density at radius 3 is 2.86 bits per heavy atom. The van der Waals surface area contributed by atoms with Gasteiger partial charge in [-0.25, -0.2) is 14.9 Å². The van der Waals surface area contributed by atoms with Gasteiger partial charge in [0, 0.05) is 18.4 Å². The fourth-order valence-electron chi connectivity index (χ4n) is 3.65. The zero-order chi connectivity index (χ0) is 19.7. The van der Waals surface area contributed by atoms with Gasteiger partial charge < -0.3 is 4.90 Å². The van der Waals surface area contributed by atoms with Crippen LogP contribution in [0.2, 0.25) is 0 Å². The summed E-state index contributed by atoms with van der Waals surface area (Å²) < 4.78 is 0. The number of aryl methyl sites for hydroxylation is 1. The molecule has 1 atom stereocenters. The van der Waals surface area contributed by atoms with Gasteiger partial charge in [0.2, 0.25) is 5.91 Å². The first kappa shape index (κ1) is 18.6. The average molecular weight is 396 g/mol. The summed E-state index contributed by atoms with van der Waals surface area (Å²) in [5, 5.41) is 0.485. The van der Waals surface area contributed by atoms with Crippen molar-refractivity contribution in [2.75, 3.05) is 17.2 Å². The van der Waals surface area contributed by atoms with Gasteiger partial charge in [-0.2, -0.15) is 0 Å². The standard InChI is InChI=1S/C20H20N4O3S/c1-13-9-10-21-20(22-13)28-12-17(25)24-15-7-3-2-6-14(15)18(26)23-11-5-4-8-16(23)19(24)27/h2-3,6-7,9-10,16H,4-5,8,11-12H2,1H3. The summed E-state index contributed by atoms with van der Waals surface area (Å²) >= 11 is 1.19. The fourth-order valence-corrected chi connectivity index (χ4v) is 4.37. The molecule has 28 heavy (non-hydrogen) atoms. The van der Waals surface area contributed by atoms with E-state index in [1.807, 2.05) is 6.92 Å². The molecule has 7 nitrogen and oxygen atoms in total. The predicted octanol–water partition coefficient (Wildman–Crippen LogP) is 2.45. The summed E-state index contributed by atoms with van der Waals surface area (Å²) in [6, 6.07) is 8.03. The second kappa shape index (κ2) is 7.71. The number of carbonyl (C=O) groups excluding carboxylic acids is 3. The molecule has 8 heteroatoms. The molecular weight excluding hydrogens is 376 g/mol. The first-order chi connectivity index (χ1) is 13.6. The van der Waals surface area contributed by atoms with Gasteiger partial charge in [-0.3, -0.25) is 14.4 Å². The third-order valence-corrected chi connectivity index (χ3v) is 5.84. The van der Waals surface area contributed by atoms with Crippen molar-refractivity contribution >= 4 is 35.2 Å². The lowest BCUT2D eigenvalue weighted by Crippen LogP contribution is -2.52. The van der Waals surface area contributed by atoms with Gasteiger partial charge in [0.25, 0.3) is 11.8 Å². The van der Waals surface area contributed by atoms with Crippen molar-refractivity contribution in [1.82, 2.24) is 14.9 Å². The lowest BCUT2D eigenvalue weighted by molar-refractivity contribution is -0.128. The van der Waals surface area contributed by atoms with Gasteiger partial charge >= 0.3 is 0 Å². The molecule has 2 aliphatic rings. The Labute approximate surface area is 167 Å². The Morgan fingerprint density at radius 2 is 2.04 bits per heavy atom. The molecule has 0 radical (unpaired) electrons. The Kier molecular flexibility index (Phi) is 5.13. The molecule has 1 saturated heterocycles. The van der Waals surface area contributed by atoms with E-state index in [4.69, 9.17) is 0 Å². The smallest absolute Gasteiger partial charge is 0.256 e. The number of aromatic nitrogens is 2. The number of imide groups is 1. The van der Waals surface area contributed by atoms with Crippen LogP contribution in [0.5, 0.6) is 0 Å². The molecule has 4 rings (SSSR count). The predicted molar refractivity (Wildman–Crippen MR) is 105 cm³/mol. The van der Waals surface area contributed by atoms with Crippen molar-refractivity contribution in [3.8, 4) is 0 Å². The topological polar surface area (TPSA) is 83.5 Å². The zero-order valence-corrected chi connectivity index (χ0v) is 16.3. The lowest BCUT2D eigenvalue weighted by atomic mass is 10.0. The highest BCUT2D eigenvalue weighted by molar-refractivity contribution is 7.99. The third kappa shape index (κ3) is 3.40. The second-order valence-electron chi connectivity index (χ2n) is 6.86. The van der Waals surface area contributed by atoms with Crippen LogP contribution in [0.15, 0.2) is 41.7 Å². The number of hydrogen-bond donors (Lipinski definition) is 0. The SMILES string of the molecule is Cc1ccnc(SCC(=O)N2C(=O)C3CCCCN3C(=O)c3ccccc32)n1. The van der Waals surface area contributed by atoms with E-state index in [2.05, 4.69) is 9.97 Å². The molecule has 0 saturated carbocycles. The van der Waals surface area contributed by atoms with Crippen LogP contribution in [0, 0.1) is 6.92 Å². The molecule has 1 fully saturated rings. The van der Waals surface area contributed by atoms with Gasteiger partial charge in [0.05, 0.1) is 17.0 Å². The normalized spacial score (nSPS) is 19.1. The number of para-hydroxylation sites is 1. The van der Waals surface area contributed by atoms with Crippen molar-refractivity contribution in [1.29, 1.82) is 0 Å². The van der Waals surface area contributed by atoms with E-state index in [0.717, 1.165) is 18.5 Å². The number of rotatable bonds is 3. The van der Waals surface area contributed by atoms with Crippen molar-refractivity contribution in [3.05, 3.63) is 47.8 Å². The molecule has 0 aliphatic carbocycles. The molecule has 3 amide bonds. The van der Waals surface area contributed by atoms with Crippen molar-refractivity contribution in [2.24, 2.45) is 0 Å². The maximum Gasteiger partial charge on any atom is 0.256 e. The number of carbonyl (C=O) groups is 3. The summed E-state index contributed by atoms with van der Waals surface area (Å²) in [6.45, 7) is 2.39. The van der Waals surface area contributed by atoms with Crippen LogP contribution < -0.4 is 4.90 Å². The molecule has 144 valence electrons. The zero-order valence-electron chi connectivity index (χ0n) is 15.5. The van der Waals surface area contributed by atoms with Crippen molar-refractivity contribution in [3.63, 3.8) is 0 Å². The van der Waals surface area contributed by atoms with Crippen LogP contribution in [0.3, 0.4) is 0 Å². The van der Waals surface area contributed by atoms with Crippen LogP contribution in [0.1, 0.15) is 35.3 Å². The first-order valence-corrected chi connectivity index (χ1v) is 10.2. The highest BCUT2D eigenvalue weighted by Crippen LogP contribution is 2.32. The Morgan fingerprint density at radius 1 is 1.21 bits per heavy atom. The van der Waals surface area contributed by atoms with Crippen molar-refractivity contribution < 1.29 is 14.4 Å². The van der Waals surface area contributed by atoms with E-state index in [-0.39, 0.29) is 23.5 Å². The number of anilines is 1. The summed E-state index contributed by atoms with van der Waals surface area (Å²) in [4.78, 5) is 50.6. The number of hydrogen-bond acceptors (Lipinski definition) is 6. The highest BCUT2D eigenvalue weighted by Gasteiger charge is 2.42. The molecule has 3 heterocycles. The Bertz CT molecular complexity index is 949. The molecule has 2 aliphatic heterocycles. The maximum atomic E-state index is 13.3. The van der Waals surface area contributed by atoms with E-state index in [1.54, 1.807) is 41.4 Å². The number of thioether (sulfide) groups is 1. The van der Waals surface area contributed by atoms with Gasteiger partial charge in [0.1, 0.15) is 6.04 Å². The van der Waals surface area contributed by atoms with Crippen LogP contribution in [0.25, 0.3) is 0 Å². The maximum absolute atomic E-state index is 13.3. The van der Waals surface area contributed by atoms with Gasteiger partial charge in [-0.05, 0) is 44.4 Å². The fraction of sp³-hybridized carbons (Fsp3) is 0.350. The van der Waals surface area contributed by atoms with E-state index < -0.39 is 6.04 Å². The Hall–Kier alpha value is -2.74. The number of benzene rings is 1. The van der Waals surface area contributed by atoms with Gasteiger partial charge in [-0.15, -0.1) is 0 Å². The number of piperidine rings is 1. The van der Waals surface area contributed by atoms with Gasteiger partial charge in [0.15, 0.2) is 5.16 Å². The second-order valence-corrected chi connectivity index (χ2v) is 7.81. The Balaban J connectivity index is 1.65. The van der Waals surface area contributed by atoms with Gasteiger partial charge in [-0.1, -0.05) is 23.9 Å². The molecule has 1 aromatic carbocycles. The van der Waals surface area contributed by atoms with E-state index in [9.17, 15) is 14.4 Å². The van der Waals surface area contributed by atoms with E-state index in [1.165, 1.54) is 16.7 Å². The molecule has 0 spiro atoms. The summed E-state index contributed by atoms with van der Waals surface area (Å²) in [7, 11) is 0. The first-order valence-electron chi connectivity index (χ1n) is 9.25. The minimum Gasteiger partial charge on any atom is -0.327 e. The summed E-state index contributed by atoms with van der Waals surface area (Å²) in [5.41, 5.74) is 1.57. The third-order valence-electron chi connectivity index (χ3n) is 4.99. The quantitative estimate of drug-likeness (QED) is 0.585. The molecule has 1 aromatic heterocycles. The summed E-state index contributed by atoms with van der Waals surface area (Å²) in [6.07, 6.45) is 3.95. The largest absolute Gasteiger partial charge is 0.327 e. The van der Waals surface area contributed by atoms with Crippen LogP contribution in [0.4, 0.5) is 5.69 Å².